The Balaban J connectivity index is 1.54. The maximum Gasteiger partial charge on any atom is 0.252 e. The Morgan fingerprint density at radius 2 is 2.08 bits per heavy atom. The highest BCUT2D eigenvalue weighted by atomic mass is 19.2. The fourth-order valence-electron chi connectivity index (χ4n) is 2.81. The molecule has 5 nitrogen and oxygen atoms in total. The molecule has 7 heteroatoms. The Bertz CT molecular complexity index is 786. The summed E-state index contributed by atoms with van der Waals surface area (Å²) in [6, 6.07) is 6.64. The summed E-state index contributed by atoms with van der Waals surface area (Å²) in [5, 5.41) is 2.83. The maximum absolute atomic E-state index is 13.3. The van der Waals surface area contributed by atoms with Gasteiger partial charge >= 0.3 is 0 Å². The summed E-state index contributed by atoms with van der Waals surface area (Å²) in [5.41, 5.74) is 0.776. The number of halogens is 2. The van der Waals surface area contributed by atoms with Crippen molar-refractivity contribution in [3.05, 3.63) is 64.1 Å². The van der Waals surface area contributed by atoms with Crippen LogP contribution in [0.15, 0.2) is 41.3 Å². The largest absolute Gasteiger partial charge is 0.371 e. The Morgan fingerprint density at radius 1 is 1.25 bits per heavy atom. The number of H-pyrrole nitrogens is 1. The number of pyridine rings is 1. The lowest BCUT2D eigenvalue weighted by Gasteiger charge is -2.19. The summed E-state index contributed by atoms with van der Waals surface area (Å²) >= 11 is 0. The topological polar surface area (TPSA) is 65.2 Å². The van der Waals surface area contributed by atoms with Gasteiger partial charge in [0.05, 0.1) is 5.56 Å². The monoisotopic (exact) mass is 333 g/mol. The molecule has 24 heavy (non-hydrogen) atoms. The van der Waals surface area contributed by atoms with Crippen LogP contribution in [-0.2, 0) is 0 Å². The zero-order valence-corrected chi connectivity index (χ0v) is 12.9. The van der Waals surface area contributed by atoms with E-state index in [-0.39, 0.29) is 17.4 Å². The second-order valence-electron chi connectivity index (χ2n) is 5.85. The number of amides is 1. The van der Waals surface area contributed by atoms with Gasteiger partial charge in [0.25, 0.3) is 5.91 Å². The van der Waals surface area contributed by atoms with E-state index in [0.29, 0.717) is 24.3 Å². The molecule has 1 fully saturated rings. The van der Waals surface area contributed by atoms with E-state index in [0.717, 1.165) is 19.0 Å². The second kappa shape index (κ2) is 6.82. The van der Waals surface area contributed by atoms with E-state index in [1.807, 2.05) is 4.90 Å². The van der Waals surface area contributed by atoms with Crippen LogP contribution in [0.2, 0.25) is 0 Å². The normalized spacial score (nSPS) is 17.1. The van der Waals surface area contributed by atoms with Gasteiger partial charge in [0.15, 0.2) is 11.6 Å². The summed E-state index contributed by atoms with van der Waals surface area (Å²) in [7, 11) is 0. The summed E-state index contributed by atoms with van der Waals surface area (Å²) < 4.78 is 26.3. The molecule has 1 aromatic heterocycles. The first-order valence-electron chi connectivity index (χ1n) is 7.70. The van der Waals surface area contributed by atoms with Gasteiger partial charge in [0.2, 0.25) is 5.56 Å². The third-order valence-corrected chi connectivity index (χ3v) is 4.15. The highest BCUT2D eigenvalue weighted by Gasteiger charge is 2.24. The molecule has 3 rings (SSSR count). The number of aromatic amines is 1. The molecule has 2 aromatic rings. The van der Waals surface area contributed by atoms with Crippen molar-refractivity contribution in [2.45, 2.75) is 6.42 Å². The summed E-state index contributed by atoms with van der Waals surface area (Å²) in [6.07, 6.45) is 2.23. The van der Waals surface area contributed by atoms with Gasteiger partial charge in [-0.25, -0.2) is 8.78 Å². The number of hydrogen-bond donors (Lipinski definition) is 2. The highest BCUT2D eigenvalue weighted by Crippen LogP contribution is 2.25. The maximum atomic E-state index is 13.3. The van der Waals surface area contributed by atoms with Crippen molar-refractivity contribution in [1.29, 1.82) is 0 Å². The van der Waals surface area contributed by atoms with Crippen molar-refractivity contribution < 1.29 is 13.6 Å². The van der Waals surface area contributed by atoms with Crippen LogP contribution in [0.4, 0.5) is 14.5 Å². The Hall–Kier alpha value is -2.70. The fourth-order valence-corrected chi connectivity index (χ4v) is 2.81. The molecule has 2 N–H and O–H groups in total. The van der Waals surface area contributed by atoms with Crippen LogP contribution in [-0.4, -0.2) is 30.5 Å². The lowest BCUT2D eigenvalue weighted by atomic mass is 10.1. The predicted molar refractivity (Wildman–Crippen MR) is 86.1 cm³/mol. The standard InChI is InChI=1S/C17H17F2N3O2/c18-14-3-2-13(7-15(14)19)22-6-5-11(10-22)8-21-17(24)12-1-4-16(23)20-9-12/h1-4,7,9,11H,5-6,8,10H2,(H,20,23)(H,21,24). The van der Waals surface area contributed by atoms with Crippen molar-refractivity contribution in [2.24, 2.45) is 5.92 Å². The van der Waals surface area contributed by atoms with Gasteiger partial charge in [0, 0.05) is 43.7 Å². The van der Waals surface area contributed by atoms with Gasteiger partial charge < -0.3 is 15.2 Å². The molecule has 1 aliphatic rings. The summed E-state index contributed by atoms with van der Waals surface area (Å²) in [4.78, 5) is 27.4. The second-order valence-corrected chi connectivity index (χ2v) is 5.85. The third-order valence-electron chi connectivity index (χ3n) is 4.15. The molecule has 1 unspecified atom stereocenters. The Labute approximate surface area is 137 Å². The lowest BCUT2D eigenvalue weighted by molar-refractivity contribution is 0.0948. The van der Waals surface area contributed by atoms with Crippen LogP contribution >= 0.6 is 0 Å². The lowest BCUT2D eigenvalue weighted by Crippen LogP contribution is -2.31. The number of nitrogens with one attached hydrogen (secondary N) is 2. The van der Waals surface area contributed by atoms with Crippen LogP contribution in [0.5, 0.6) is 0 Å². The fraction of sp³-hybridized carbons (Fsp3) is 0.294. The van der Waals surface area contributed by atoms with Crippen LogP contribution in [0.25, 0.3) is 0 Å². The minimum atomic E-state index is -0.859. The number of aromatic nitrogens is 1. The van der Waals surface area contributed by atoms with Gasteiger partial charge in [-0.2, -0.15) is 0 Å². The van der Waals surface area contributed by atoms with E-state index in [4.69, 9.17) is 0 Å². The number of anilines is 1. The smallest absolute Gasteiger partial charge is 0.252 e. The molecule has 1 aromatic carbocycles. The molecule has 1 saturated heterocycles. The molecule has 0 bridgehead atoms. The van der Waals surface area contributed by atoms with E-state index < -0.39 is 11.6 Å². The van der Waals surface area contributed by atoms with Gasteiger partial charge in [-0.05, 0) is 30.5 Å². The molecule has 1 amide bonds. The zero-order chi connectivity index (χ0) is 17.1. The predicted octanol–water partition coefficient (Wildman–Crippen LogP) is 1.91. The average Bonchev–Trinajstić information content (AvgIpc) is 3.05. The first kappa shape index (κ1) is 16.2. The van der Waals surface area contributed by atoms with Crippen molar-refractivity contribution in [3.63, 3.8) is 0 Å². The van der Waals surface area contributed by atoms with Crippen molar-refractivity contribution >= 4 is 11.6 Å². The number of rotatable bonds is 4. The number of nitrogens with zero attached hydrogens (tertiary/aromatic N) is 1. The summed E-state index contributed by atoms with van der Waals surface area (Å²) in [5.74, 6) is -1.74. The molecule has 1 aliphatic heterocycles. The van der Waals surface area contributed by atoms with E-state index >= 15 is 0 Å². The van der Waals surface area contributed by atoms with Crippen LogP contribution in [0, 0.1) is 17.6 Å². The van der Waals surface area contributed by atoms with E-state index in [2.05, 4.69) is 10.3 Å². The molecular weight excluding hydrogens is 316 g/mol. The molecule has 0 saturated carbocycles. The van der Waals surface area contributed by atoms with Gasteiger partial charge in [0.1, 0.15) is 0 Å². The van der Waals surface area contributed by atoms with Gasteiger partial charge in [-0.3, -0.25) is 9.59 Å². The third kappa shape index (κ3) is 3.61. The first-order valence-corrected chi connectivity index (χ1v) is 7.70. The number of hydrogen-bond acceptors (Lipinski definition) is 3. The molecule has 1 atom stereocenters. The first-order chi connectivity index (χ1) is 11.5. The van der Waals surface area contributed by atoms with Crippen molar-refractivity contribution in [2.75, 3.05) is 24.5 Å². The molecule has 2 heterocycles. The number of benzene rings is 1. The number of carbonyl (C=O) groups excluding carboxylic acids is 1. The minimum Gasteiger partial charge on any atom is -0.371 e. The average molecular weight is 333 g/mol. The van der Waals surface area contributed by atoms with Crippen LogP contribution in [0.1, 0.15) is 16.8 Å². The van der Waals surface area contributed by atoms with Crippen LogP contribution in [0.3, 0.4) is 0 Å². The van der Waals surface area contributed by atoms with Gasteiger partial charge in [-0.15, -0.1) is 0 Å². The molecule has 0 radical (unpaired) electrons. The van der Waals surface area contributed by atoms with Gasteiger partial charge in [-0.1, -0.05) is 0 Å². The number of carbonyl (C=O) groups is 1. The van der Waals surface area contributed by atoms with E-state index in [9.17, 15) is 18.4 Å². The van der Waals surface area contributed by atoms with E-state index in [1.165, 1.54) is 24.4 Å². The summed E-state index contributed by atoms with van der Waals surface area (Å²) in [6.45, 7) is 1.87. The minimum absolute atomic E-state index is 0.227. The SMILES string of the molecule is O=C(NCC1CCN(c2ccc(F)c(F)c2)C1)c1ccc(=O)[nH]c1. The van der Waals surface area contributed by atoms with E-state index in [1.54, 1.807) is 6.07 Å². The molecule has 0 spiro atoms. The molecular formula is C17H17F2N3O2. The quantitative estimate of drug-likeness (QED) is 0.898. The van der Waals surface area contributed by atoms with Crippen molar-refractivity contribution in [3.8, 4) is 0 Å². The highest BCUT2D eigenvalue weighted by molar-refractivity contribution is 5.93. The van der Waals surface area contributed by atoms with Crippen molar-refractivity contribution in [1.82, 2.24) is 10.3 Å². The zero-order valence-electron chi connectivity index (χ0n) is 12.9. The Morgan fingerprint density at radius 3 is 2.79 bits per heavy atom. The molecule has 0 aliphatic carbocycles. The molecule has 126 valence electrons. The Kier molecular flexibility index (Phi) is 4.59. The van der Waals surface area contributed by atoms with Crippen LogP contribution < -0.4 is 15.8 Å².